The third kappa shape index (κ3) is 2.46. The summed E-state index contributed by atoms with van der Waals surface area (Å²) < 4.78 is 5.46. The van der Waals surface area contributed by atoms with E-state index in [2.05, 4.69) is 31.7 Å². The minimum absolute atomic E-state index is 0.369. The molecule has 0 aromatic rings. The summed E-state index contributed by atoms with van der Waals surface area (Å²) in [5, 5.41) is 11.8. The number of halogens is 1. The predicted molar refractivity (Wildman–Crippen MR) is 86.3 cm³/mol. The van der Waals surface area contributed by atoms with Gasteiger partial charge in [0.1, 0.15) is 10.9 Å². The molecule has 22 heavy (non-hydrogen) atoms. The predicted octanol–water partition coefficient (Wildman–Crippen LogP) is 2.61. The molecule has 0 amide bonds. The van der Waals surface area contributed by atoms with Gasteiger partial charge >= 0.3 is 0 Å². The van der Waals surface area contributed by atoms with Crippen molar-refractivity contribution in [1.29, 1.82) is 5.26 Å². The van der Waals surface area contributed by atoms with Crippen molar-refractivity contribution in [3.05, 3.63) is 0 Å². The van der Waals surface area contributed by atoms with Gasteiger partial charge in [-0.3, -0.25) is 9.74 Å². The van der Waals surface area contributed by atoms with Crippen LogP contribution in [-0.2, 0) is 9.57 Å². The highest BCUT2D eigenvalue weighted by atomic mass is 35.5. The lowest BCUT2D eigenvalue weighted by Crippen LogP contribution is -2.63. The zero-order valence-corrected chi connectivity index (χ0v) is 15.1. The maximum Gasteiger partial charge on any atom is 0.134 e. The lowest BCUT2D eigenvalue weighted by Gasteiger charge is -2.48. The van der Waals surface area contributed by atoms with Crippen LogP contribution in [0.3, 0.4) is 0 Å². The van der Waals surface area contributed by atoms with Crippen LogP contribution in [0.5, 0.6) is 0 Å². The Labute approximate surface area is 139 Å². The number of alkyl halides is 1. The molecule has 2 aliphatic rings. The van der Waals surface area contributed by atoms with Gasteiger partial charge in [0.25, 0.3) is 0 Å². The lowest BCUT2D eigenvalue weighted by atomic mass is 9.81. The molecule has 126 valence electrons. The molecule has 0 radical (unpaired) electrons. The first-order valence-corrected chi connectivity index (χ1v) is 8.47. The molecular formula is C16H28ClN3O2. The fourth-order valence-electron chi connectivity index (χ4n) is 4.01. The molecule has 6 heteroatoms. The maximum atomic E-state index is 9.87. The smallest absolute Gasteiger partial charge is 0.134 e. The molecule has 0 N–H and O–H groups in total. The summed E-state index contributed by atoms with van der Waals surface area (Å²) in [6.07, 6.45) is 0.923. The fraction of sp³-hybridized carbons (Fsp3) is 0.938. The monoisotopic (exact) mass is 329 g/mol. The van der Waals surface area contributed by atoms with E-state index < -0.39 is 16.1 Å². The summed E-state index contributed by atoms with van der Waals surface area (Å²) in [6, 6.07) is 2.47. The number of hydrogen-bond acceptors (Lipinski definition) is 5. The van der Waals surface area contributed by atoms with E-state index in [1.807, 2.05) is 18.9 Å². The third-order valence-electron chi connectivity index (χ3n) is 5.00. The maximum absolute atomic E-state index is 9.87. The highest BCUT2D eigenvalue weighted by Gasteiger charge is 2.70. The average Bonchev–Trinajstić information content (AvgIpc) is 2.59. The zero-order chi connectivity index (χ0) is 16.6. The number of rotatable bonds is 4. The van der Waals surface area contributed by atoms with Crippen LogP contribution < -0.4 is 0 Å². The minimum atomic E-state index is -0.803. The van der Waals surface area contributed by atoms with E-state index in [4.69, 9.17) is 21.2 Å². The Morgan fingerprint density at radius 1 is 1.27 bits per heavy atom. The van der Waals surface area contributed by atoms with Crippen LogP contribution in [0, 0.1) is 17.2 Å². The number of hydroxylamine groups is 2. The van der Waals surface area contributed by atoms with Gasteiger partial charge in [0.15, 0.2) is 0 Å². The van der Waals surface area contributed by atoms with E-state index >= 15 is 0 Å². The molecule has 5 nitrogen and oxygen atoms in total. The first-order valence-electron chi connectivity index (χ1n) is 8.09. The van der Waals surface area contributed by atoms with Gasteiger partial charge in [-0.15, -0.1) is 0 Å². The molecule has 0 saturated carbocycles. The summed E-state index contributed by atoms with van der Waals surface area (Å²) in [5.41, 5.74) is -0.960. The molecule has 2 atom stereocenters. The molecule has 0 spiro atoms. The van der Waals surface area contributed by atoms with E-state index in [9.17, 15) is 5.26 Å². The Balaban J connectivity index is 2.44. The van der Waals surface area contributed by atoms with Crippen LogP contribution in [-0.4, -0.2) is 58.9 Å². The Morgan fingerprint density at radius 3 is 2.36 bits per heavy atom. The van der Waals surface area contributed by atoms with Gasteiger partial charge < -0.3 is 4.74 Å². The Hall–Kier alpha value is -0.380. The summed E-state index contributed by atoms with van der Waals surface area (Å²) >= 11 is 7.19. The quantitative estimate of drug-likeness (QED) is 0.586. The van der Waals surface area contributed by atoms with Crippen molar-refractivity contribution in [3.63, 3.8) is 0 Å². The highest BCUT2D eigenvalue weighted by molar-refractivity contribution is 6.25. The molecule has 0 aromatic heterocycles. The number of nitrogens with zero attached hydrogens (tertiary/aromatic N) is 3. The summed E-state index contributed by atoms with van der Waals surface area (Å²) in [6.45, 7) is 13.7. The molecule has 0 bridgehead atoms. The summed E-state index contributed by atoms with van der Waals surface area (Å²) in [4.78, 5) is 7.44. The third-order valence-corrected chi connectivity index (χ3v) is 5.92. The number of nitriles is 1. The van der Waals surface area contributed by atoms with E-state index in [1.54, 1.807) is 0 Å². The van der Waals surface area contributed by atoms with Crippen molar-refractivity contribution in [1.82, 2.24) is 9.96 Å². The normalized spacial score (nSPS) is 35.4. The van der Waals surface area contributed by atoms with Crippen molar-refractivity contribution < 1.29 is 9.57 Å². The largest absolute Gasteiger partial charge is 0.379 e. The molecule has 2 unspecified atom stereocenters. The van der Waals surface area contributed by atoms with E-state index in [-0.39, 0.29) is 5.92 Å². The molecule has 2 fully saturated rings. The second kappa shape index (κ2) is 6.26. The average molecular weight is 330 g/mol. The van der Waals surface area contributed by atoms with Crippen molar-refractivity contribution in [2.45, 2.75) is 57.1 Å². The van der Waals surface area contributed by atoms with Crippen LogP contribution in [0.1, 0.15) is 41.0 Å². The van der Waals surface area contributed by atoms with Crippen molar-refractivity contribution >= 4 is 11.6 Å². The summed E-state index contributed by atoms with van der Waals surface area (Å²) in [7, 11) is 0. The summed E-state index contributed by atoms with van der Waals surface area (Å²) in [5.74, 6) is -0.369. The standard InChI is InChI=1S/C16H28ClN3O2/c1-6-9-22-20-14(2,3)13(12-18)16(17,15(20,4)5)19-7-10-21-11-8-19/h13H,6-11H2,1-5H3. The van der Waals surface area contributed by atoms with E-state index in [0.29, 0.717) is 19.8 Å². The van der Waals surface area contributed by atoms with Crippen molar-refractivity contribution in [3.8, 4) is 6.07 Å². The van der Waals surface area contributed by atoms with E-state index in [1.165, 1.54) is 0 Å². The van der Waals surface area contributed by atoms with Crippen LogP contribution in [0.25, 0.3) is 0 Å². The van der Waals surface area contributed by atoms with Gasteiger partial charge in [0.2, 0.25) is 0 Å². The molecule has 0 aliphatic carbocycles. The second-order valence-corrected chi connectivity index (χ2v) is 7.75. The van der Waals surface area contributed by atoms with Gasteiger partial charge in [-0.25, -0.2) is 0 Å². The van der Waals surface area contributed by atoms with Crippen LogP contribution in [0.4, 0.5) is 0 Å². The van der Waals surface area contributed by atoms with Crippen LogP contribution in [0.15, 0.2) is 0 Å². The zero-order valence-electron chi connectivity index (χ0n) is 14.4. The van der Waals surface area contributed by atoms with Crippen molar-refractivity contribution in [2.24, 2.45) is 5.92 Å². The molecule has 2 rings (SSSR count). The molecular weight excluding hydrogens is 302 g/mol. The van der Waals surface area contributed by atoms with E-state index in [0.717, 1.165) is 19.5 Å². The SMILES string of the molecule is CCCON1C(C)(C)C(C#N)C(Cl)(N2CCOCC2)C1(C)C. The number of ether oxygens (including phenoxy) is 1. The van der Waals surface area contributed by atoms with Gasteiger partial charge in [-0.1, -0.05) is 18.5 Å². The Kier molecular flexibility index (Phi) is 5.11. The Morgan fingerprint density at radius 2 is 1.86 bits per heavy atom. The number of hydrogen-bond donors (Lipinski definition) is 0. The molecule has 2 saturated heterocycles. The first kappa shape index (κ1) is 18.0. The minimum Gasteiger partial charge on any atom is -0.379 e. The van der Waals surface area contributed by atoms with Gasteiger partial charge in [-0.2, -0.15) is 10.3 Å². The number of morpholine rings is 1. The van der Waals surface area contributed by atoms with Crippen LogP contribution >= 0.6 is 11.6 Å². The second-order valence-electron chi connectivity index (χ2n) is 7.18. The Bertz CT molecular complexity index is 443. The highest BCUT2D eigenvalue weighted by Crippen LogP contribution is 2.56. The van der Waals surface area contributed by atoms with Gasteiger partial charge in [0, 0.05) is 13.1 Å². The topological polar surface area (TPSA) is 48.7 Å². The van der Waals surface area contributed by atoms with Crippen molar-refractivity contribution in [2.75, 3.05) is 32.9 Å². The van der Waals surface area contributed by atoms with Crippen LogP contribution in [0.2, 0.25) is 0 Å². The molecule has 2 heterocycles. The first-order chi connectivity index (χ1) is 10.2. The molecule has 2 aliphatic heterocycles. The lowest BCUT2D eigenvalue weighted by molar-refractivity contribution is -0.248. The molecule has 0 aromatic carbocycles. The van der Waals surface area contributed by atoms with Gasteiger partial charge in [0.05, 0.1) is 37.0 Å². The fourth-order valence-corrected chi connectivity index (χ4v) is 4.58. The van der Waals surface area contributed by atoms with Gasteiger partial charge in [-0.05, 0) is 34.1 Å².